The fraction of sp³-hybridized carbons (Fsp3) is 0.381. The first kappa shape index (κ1) is 21.5. The van der Waals surface area contributed by atoms with Crippen molar-refractivity contribution in [3.8, 4) is 23.0 Å². The van der Waals surface area contributed by atoms with Crippen LogP contribution in [0.15, 0.2) is 36.4 Å². The average Bonchev–Trinajstić information content (AvgIpc) is 2.97. The summed E-state index contributed by atoms with van der Waals surface area (Å²) < 4.78 is 45.6. The fourth-order valence-electron chi connectivity index (χ4n) is 2.98. The van der Waals surface area contributed by atoms with Gasteiger partial charge in [-0.3, -0.25) is 0 Å². The van der Waals surface area contributed by atoms with Gasteiger partial charge < -0.3 is 29.6 Å². The summed E-state index contributed by atoms with van der Waals surface area (Å²) in [5.74, 6) is 1.46. The van der Waals surface area contributed by atoms with E-state index in [0.717, 1.165) is 12.0 Å². The van der Waals surface area contributed by atoms with Crippen molar-refractivity contribution in [1.82, 2.24) is 10.6 Å². The van der Waals surface area contributed by atoms with Crippen molar-refractivity contribution < 1.29 is 32.5 Å². The zero-order valence-corrected chi connectivity index (χ0v) is 16.7. The van der Waals surface area contributed by atoms with Crippen LogP contribution in [0.2, 0.25) is 0 Å². The molecule has 30 heavy (non-hydrogen) atoms. The first-order valence-electron chi connectivity index (χ1n) is 9.52. The van der Waals surface area contributed by atoms with Crippen LogP contribution in [0.1, 0.15) is 30.5 Å². The molecule has 1 aliphatic rings. The van der Waals surface area contributed by atoms with E-state index in [1.54, 1.807) is 6.07 Å². The lowest BCUT2D eigenvalue weighted by atomic mass is 10.1. The van der Waals surface area contributed by atoms with Crippen LogP contribution < -0.4 is 29.6 Å². The third kappa shape index (κ3) is 5.65. The van der Waals surface area contributed by atoms with E-state index in [-0.39, 0.29) is 30.1 Å². The summed E-state index contributed by atoms with van der Waals surface area (Å²) in [6.07, 6.45) is 0.820. The summed E-state index contributed by atoms with van der Waals surface area (Å²) in [6, 6.07) is 9.42. The number of carbonyl (C=O) groups excluding carboxylic acids is 1. The maximum Gasteiger partial charge on any atom is 0.387 e. The van der Waals surface area contributed by atoms with Crippen LogP contribution in [0.3, 0.4) is 0 Å². The Balaban J connectivity index is 1.56. The number of amides is 2. The van der Waals surface area contributed by atoms with Gasteiger partial charge in [0.2, 0.25) is 0 Å². The van der Waals surface area contributed by atoms with Gasteiger partial charge in [0.25, 0.3) is 0 Å². The van der Waals surface area contributed by atoms with Gasteiger partial charge in [-0.25, -0.2) is 4.79 Å². The van der Waals surface area contributed by atoms with E-state index in [1.807, 2.05) is 25.1 Å². The van der Waals surface area contributed by atoms with Crippen molar-refractivity contribution in [2.24, 2.45) is 0 Å². The first-order chi connectivity index (χ1) is 14.5. The zero-order valence-electron chi connectivity index (χ0n) is 16.7. The van der Waals surface area contributed by atoms with Crippen molar-refractivity contribution in [1.29, 1.82) is 0 Å². The molecule has 1 unspecified atom stereocenters. The molecule has 0 bridgehead atoms. The second-order valence-electron chi connectivity index (χ2n) is 6.67. The number of hydrogen-bond acceptors (Lipinski definition) is 5. The molecule has 0 fully saturated rings. The molecule has 1 atom stereocenters. The second kappa shape index (κ2) is 10.00. The van der Waals surface area contributed by atoms with Gasteiger partial charge in [-0.05, 0) is 42.3 Å². The summed E-state index contributed by atoms with van der Waals surface area (Å²) >= 11 is 0. The first-order valence-corrected chi connectivity index (χ1v) is 9.52. The third-order valence-corrected chi connectivity index (χ3v) is 4.52. The Hall–Kier alpha value is -3.23. The lowest BCUT2D eigenvalue weighted by molar-refractivity contribution is -0.0512. The van der Waals surface area contributed by atoms with Crippen molar-refractivity contribution >= 4 is 6.03 Å². The lowest BCUT2D eigenvalue weighted by Gasteiger charge is -2.17. The average molecular weight is 422 g/mol. The molecule has 2 amide bonds. The van der Waals surface area contributed by atoms with Crippen LogP contribution in [0, 0.1) is 0 Å². The zero-order chi connectivity index (χ0) is 21.5. The topological polar surface area (TPSA) is 78.1 Å². The van der Waals surface area contributed by atoms with Gasteiger partial charge in [-0.2, -0.15) is 8.78 Å². The quantitative estimate of drug-likeness (QED) is 0.705. The molecule has 162 valence electrons. The number of halogens is 2. The van der Waals surface area contributed by atoms with E-state index in [1.165, 1.54) is 19.2 Å². The van der Waals surface area contributed by atoms with Gasteiger partial charge in [0, 0.05) is 13.0 Å². The van der Waals surface area contributed by atoms with Gasteiger partial charge in [-0.15, -0.1) is 0 Å². The Morgan fingerprint density at radius 1 is 1.10 bits per heavy atom. The van der Waals surface area contributed by atoms with Gasteiger partial charge >= 0.3 is 12.6 Å². The van der Waals surface area contributed by atoms with Crippen LogP contribution >= 0.6 is 0 Å². The highest BCUT2D eigenvalue weighted by atomic mass is 19.3. The number of alkyl halides is 2. The SMILES string of the molecule is COc1cc(CNC(=O)NC(C)c2ccc3c(c2)OCCCO3)ccc1OC(F)F. The molecule has 0 spiro atoms. The normalized spacial score (nSPS) is 13.9. The summed E-state index contributed by atoms with van der Waals surface area (Å²) in [5, 5.41) is 5.59. The van der Waals surface area contributed by atoms with E-state index in [9.17, 15) is 13.6 Å². The van der Waals surface area contributed by atoms with Gasteiger partial charge in [0.1, 0.15) is 0 Å². The number of methoxy groups -OCH3 is 1. The predicted octanol–water partition coefficient (Wildman–Crippen LogP) is 4.02. The van der Waals surface area contributed by atoms with E-state index >= 15 is 0 Å². The maximum atomic E-state index is 12.4. The van der Waals surface area contributed by atoms with E-state index in [2.05, 4.69) is 15.4 Å². The molecule has 0 saturated heterocycles. The summed E-state index contributed by atoms with van der Waals surface area (Å²) in [4.78, 5) is 12.3. The molecule has 9 heteroatoms. The number of rotatable bonds is 7. The molecular formula is C21H24F2N2O5. The molecule has 1 aliphatic heterocycles. The molecule has 0 aliphatic carbocycles. The highest BCUT2D eigenvalue weighted by Crippen LogP contribution is 2.32. The van der Waals surface area contributed by atoms with Crippen LogP contribution in [-0.2, 0) is 6.54 Å². The van der Waals surface area contributed by atoms with Gasteiger partial charge in [0.15, 0.2) is 23.0 Å². The number of urea groups is 1. The van der Waals surface area contributed by atoms with Crippen molar-refractivity contribution in [2.45, 2.75) is 32.5 Å². The standard InChI is InChI=1S/C21H24F2N2O5/c1-13(15-5-7-16-19(11-15)29-9-3-8-28-16)25-21(26)24-12-14-4-6-17(30-20(22)23)18(10-14)27-2/h4-7,10-11,13,20H,3,8-9,12H2,1-2H3,(H2,24,25,26). The van der Waals surface area contributed by atoms with Crippen LogP contribution in [0.25, 0.3) is 0 Å². The Morgan fingerprint density at radius 2 is 1.87 bits per heavy atom. The minimum atomic E-state index is -2.94. The minimum absolute atomic E-state index is 0.0660. The number of nitrogens with one attached hydrogen (secondary N) is 2. The molecule has 0 saturated carbocycles. The molecule has 0 aromatic heterocycles. The summed E-state index contributed by atoms with van der Waals surface area (Å²) in [5.41, 5.74) is 1.55. The van der Waals surface area contributed by atoms with Crippen molar-refractivity contribution in [2.75, 3.05) is 20.3 Å². The molecule has 2 aromatic carbocycles. The summed E-state index contributed by atoms with van der Waals surface area (Å²) in [6.45, 7) is 0.301. The Kier molecular flexibility index (Phi) is 7.16. The van der Waals surface area contributed by atoms with Crippen LogP contribution in [-0.4, -0.2) is 33.0 Å². The minimum Gasteiger partial charge on any atom is -0.493 e. The van der Waals surface area contributed by atoms with E-state index in [4.69, 9.17) is 14.2 Å². The maximum absolute atomic E-state index is 12.4. The Bertz CT molecular complexity index is 878. The predicted molar refractivity (Wildman–Crippen MR) is 105 cm³/mol. The smallest absolute Gasteiger partial charge is 0.387 e. The monoisotopic (exact) mass is 422 g/mol. The number of ether oxygens (including phenoxy) is 4. The fourth-order valence-corrected chi connectivity index (χ4v) is 2.98. The number of carbonyl (C=O) groups is 1. The van der Waals surface area contributed by atoms with E-state index < -0.39 is 6.61 Å². The lowest BCUT2D eigenvalue weighted by Crippen LogP contribution is -2.36. The molecule has 2 aromatic rings. The largest absolute Gasteiger partial charge is 0.493 e. The molecule has 7 nitrogen and oxygen atoms in total. The number of fused-ring (bicyclic) bond motifs is 1. The molecule has 0 radical (unpaired) electrons. The number of benzene rings is 2. The van der Waals surface area contributed by atoms with Crippen molar-refractivity contribution in [3.63, 3.8) is 0 Å². The second-order valence-corrected chi connectivity index (χ2v) is 6.67. The van der Waals surface area contributed by atoms with Crippen molar-refractivity contribution in [3.05, 3.63) is 47.5 Å². The third-order valence-electron chi connectivity index (χ3n) is 4.52. The number of hydrogen-bond donors (Lipinski definition) is 2. The Morgan fingerprint density at radius 3 is 2.60 bits per heavy atom. The highest BCUT2D eigenvalue weighted by molar-refractivity contribution is 5.74. The Labute approximate surface area is 173 Å². The summed E-state index contributed by atoms with van der Waals surface area (Å²) in [7, 11) is 1.36. The van der Waals surface area contributed by atoms with E-state index in [0.29, 0.717) is 30.3 Å². The molecule has 2 N–H and O–H groups in total. The van der Waals surface area contributed by atoms with Gasteiger partial charge in [0.05, 0.1) is 26.4 Å². The van der Waals surface area contributed by atoms with Crippen LogP contribution in [0.5, 0.6) is 23.0 Å². The molecule has 3 rings (SSSR count). The van der Waals surface area contributed by atoms with Gasteiger partial charge in [-0.1, -0.05) is 12.1 Å². The molecular weight excluding hydrogens is 398 g/mol. The van der Waals surface area contributed by atoms with Crippen LogP contribution in [0.4, 0.5) is 13.6 Å². The highest BCUT2D eigenvalue weighted by Gasteiger charge is 2.16. The molecule has 1 heterocycles.